The molecule has 5 heteroatoms. The van der Waals surface area contributed by atoms with Gasteiger partial charge in [0.2, 0.25) is 0 Å². The maximum absolute atomic E-state index is 13.1. The van der Waals surface area contributed by atoms with Gasteiger partial charge in [0.25, 0.3) is 0 Å². The van der Waals surface area contributed by atoms with Crippen molar-refractivity contribution in [1.29, 1.82) is 0 Å². The van der Waals surface area contributed by atoms with Crippen molar-refractivity contribution in [3.63, 3.8) is 0 Å². The van der Waals surface area contributed by atoms with E-state index in [1.54, 1.807) is 23.5 Å². The number of hydrogen-bond donors (Lipinski definition) is 1. The summed E-state index contributed by atoms with van der Waals surface area (Å²) in [4.78, 5) is 6.57. The van der Waals surface area contributed by atoms with Gasteiger partial charge in [0.05, 0.1) is 11.4 Å². The number of nitrogen functional groups attached to an aromatic ring is 1. The summed E-state index contributed by atoms with van der Waals surface area (Å²) in [7, 11) is 0. The number of aromatic nitrogens is 2. The smallest absolute Gasteiger partial charge is 0.196 e. The SMILES string of the molecule is CCc1sc2nc(C)c(N)n2c1-c1ccc(F)cc1. The van der Waals surface area contributed by atoms with Crippen LogP contribution in [0.25, 0.3) is 16.2 Å². The zero-order valence-corrected chi connectivity index (χ0v) is 11.6. The summed E-state index contributed by atoms with van der Waals surface area (Å²) < 4.78 is 15.0. The Hall–Kier alpha value is -1.88. The molecule has 0 bridgehead atoms. The van der Waals surface area contributed by atoms with Gasteiger partial charge in [-0.05, 0) is 43.2 Å². The van der Waals surface area contributed by atoms with E-state index in [9.17, 15) is 4.39 Å². The quantitative estimate of drug-likeness (QED) is 0.775. The van der Waals surface area contributed by atoms with E-state index in [-0.39, 0.29) is 5.82 Å². The van der Waals surface area contributed by atoms with Crippen LogP contribution in [0.15, 0.2) is 24.3 Å². The summed E-state index contributed by atoms with van der Waals surface area (Å²) in [6.07, 6.45) is 0.902. The normalized spacial score (nSPS) is 11.3. The molecule has 0 spiro atoms. The van der Waals surface area contributed by atoms with Crippen LogP contribution in [0.1, 0.15) is 17.5 Å². The highest BCUT2D eigenvalue weighted by Gasteiger charge is 2.17. The maximum Gasteiger partial charge on any atom is 0.196 e. The number of hydrogen-bond acceptors (Lipinski definition) is 3. The molecule has 0 saturated carbocycles. The fourth-order valence-electron chi connectivity index (χ4n) is 2.22. The van der Waals surface area contributed by atoms with Crippen LogP contribution in [0, 0.1) is 12.7 Å². The standard InChI is InChI=1S/C14H14FN3S/c1-3-11-12(9-4-6-10(15)7-5-9)18-13(16)8(2)17-14(18)19-11/h4-7H,3,16H2,1-2H3. The Labute approximate surface area is 114 Å². The number of rotatable bonds is 2. The lowest BCUT2D eigenvalue weighted by molar-refractivity contribution is 0.628. The molecule has 0 atom stereocenters. The predicted molar refractivity (Wildman–Crippen MR) is 77.0 cm³/mol. The van der Waals surface area contributed by atoms with Gasteiger partial charge in [-0.2, -0.15) is 0 Å². The van der Waals surface area contributed by atoms with E-state index in [0.29, 0.717) is 5.82 Å². The first-order chi connectivity index (χ1) is 9.11. The third-order valence-corrected chi connectivity index (χ3v) is 4.39. The highest BCUT2D eigenvalue weighted by Crippen LogP contribution is 2.35. The van der Waals surface area contributed by atoms with Gasteiger partial charge >= 0.3 is 0 Å². The topological polar surface area (TPSA) is 43.3 Å². The summed E-state index contributed by atoms with van der Waals surface area (Å²) >= 11 is 1.64. The number of nitrogens with two attached hydrogens (primary N) is 1. The van der Waals surface area contributed by atoms with Crippen LogP contribution >= 0.6 is 11.3 Å². The number of fused-ring (bicyclic) bond motifs is 1. The molecule has 3 nitrogen and oxygen atoms in total. The molecule has 0 aliphatic heterocycles. The van der Waals surface area contributed by atoms with Crippen molar-refractivity contribution in [2.45, 2.75) is 20.3 Å². The molecule has 2 heterocycles. The molecule has 0 aliphatic rings. The third-order valence-electron chi connectivity index (χ3n) is 3.21. The largest absolute Gasteiger partial charge is 0.383 e. The molecular formula is C14H14FN3S. The molecule has 0 saturated heterocycles. The van der Waals surface area contributed by atoms with E-state index in [4.69, 9.17) is 5.73 Å². The van der Waals surface area contributed by atoms with E-state index in [2.05, 4.69) is 11.9 Å². The van der Waals surface area contributed by atoms with Gasteiger partial charge in [-0.15, -0.1) is 11.3 Å². The van der Waals surface area contributed by atoms with Gasteiger partial charge in [0.15, 0.2) is 4.96 Å². The minimum absolute atomic E-state index is 0.233. The first-order valence-corrected chi connectivity index (χ1v) is 6.95. The first kappa shape index (κ1) is 12.2. The zero-order chi connectivity index (χ0) is 13.6. The maximum atomic E-state index is 13.1. The van der Waals surface area contributed by atoms with Crippen molar-refractivity contribution in [2.24, 2.45) is 0 Å². The predicted octanol–water partition coefficient (Wildman–Crippen LogP) is 3.65. The molecule has 3 rings (SSSR count). The highest BCUT2D eigenvalue weighted by atomic mass is 32.1. The average molecular weight is 275 g/mol. The minimum atomic E-state index is -0.233. The molecular weight excluding hydrogens is 261 g/mol. The fraction of sp³-hybridized carbons (Fsp3) is 0.214. The lowest BCUT2D eigenvalue weighted by atomic mass is 10.1. The monoisotopic (exact) mass is 275 g/mol. The van der Waals surface area contributed by atoms with Crippen LogP contribution in [0.5, 0.6) is 0 Å². The molecule has 0 amide bonds. The van der Waals surface area contributed by atoms with Crippen LogP contribution in [0.4, 0.5) is 10.2 Å². The van der Waals surface area contributed by atoms with E-state index < -0.39 is 0 Å². The van der Waals surface area contributed by atoms with Crippen molar-refractivity contribution in [2.75, 3.05) is 5.73 Å². The molecule has 0 fully saturated rings. The summed E-state index contributed by atoms with van der Waals surface area (Å²) in [6.45, 7) is 4.00. The van der Waals surface area contributed by atoms with Crippen molar-refractivity contribution >= 4 is 22.1 Å². The lowest BCUT2D eigenvalue weighted by Crippen LogP contribution is -1.96. The number of halogens is 1. The second kappa shape index (κ2) is 4.35. The number of thiazole rings is 1. The Morgan fingerprint density at radius 1 is 1.32 bits per heavy atom. The molecule has 19 heavy (non-hydrogen) atoms. The van der Waals surface area contributed by atoms with Crippen molar-refractivity contribution in [3.05, 3.63) is 40.7 Å². The van der Waals surface area contributed by atoms with Crippen molar-refractivity contribution < 1.29 is 4.39 Å². The van der Waals surface area contributed by atoms with Gasteiger partial charge in [-0.25, -0.2) is 9.37 Å². The van der Waals surface area contributed by atoms with Gasteiger partial charge in [-0.3, -0.25) is 4.40 Å². The Bertz CT molecular complexity index is 740. The van der Waals surface area contributed by atoms with E-state index >= 15 is 0 Å². The average Bonchev–Trinajstić information content (AvgIpc) is 2.88. The second-order valence-corrected chi connectivity index (χ2v) is 5.50. The highest BCUT2D eigenvalue weighted by molar-refractivity contribution is 7.17. The molecule has 98 valence electrons. The zero-order valence-electron chi connectivity index (χ0n) is 10.8. The summed E-state index contributed by atoms with van der Waals surface area (Å²) in [5.41, 5.74) is 8.93. The number of nitrogens with zero attached hydrogens (tertiary/aromatic N) is 2. The molecule has 3 aromatic rings. The van der Waals surface area contributed by atoms with Crippen LogP contribution in [0.3, 0.4) is 0 Å². The Balaban J connectivity index is 2.33. The third kappa shape index (κ3) is 1.81. The Kier molecular flexibility index (Phi) is 2.78. The summed E-state index contributed by atoms with van der Waals surface area (Å²) in [6, 6.07) is 6.51. The number of anilines is 1. The fourth-order valence-corrected chi connectivity index (χ4v) is 3.35. The van der Waals surface area contributed by atoms with Crippen molar-refractivity contribution in [3.8, 4) is 11.3 Å². The molecule has 2 N–H and O–H groups in total. The Morgan fingerprint density at radius 3 is 2.63 bits per heavy atom. The van der Waals surface area contributed by atoms with E-state index in [0.717, 1.165) is 28.3 Å². The van der Waals surface area contributed by atoms with Gasteiger partial charge in [0, 0.05) is 4.88 Å². The van der Waals surface area contributed by atoms with Gasteiger partial charge < -0.3 is 5.73 Å². The molecule has 1 aromatic carbocycles. The number of benzene rings is 1. The van der Waals surface area contributed by atoms with Crippen LogP contribution in [-0.4, -0.2) is 9.38 Å². The number of aryl methyl sites for hydroxylation is 2. The van der Waals surface area contributed by atoms with Gasteiger partial charge in [0.1, 0.15) is 11.6 Å². The lowest BCUT2D eigenvalue weighted by Gasteiger charge is -2.05. The minimum Gasteiger partial charge on any atom is -0.383 e. The Morgan fingerprint density at radius 2 is 2.00 bits per heavy atom. The van der Waals surface area contributed by atoms with E-state index in [1.807, 2.05) is 11.3 Å². The van der Waals surface area contributed by atoms with Crippen LogP contribution < -0.4 is 5.73 Å². The van der Waals surface area contributed by atoms with Crippen LogP contribution in [-0.2, 0) is 6.42 Å². The second-order valence-electron chi connectivity index (χ2n) is 4.43. The molecule has 0 radical (unpaired) electrons. The summed E-state index contributed by atoms with van der Waals surface area (Å²) in [5, 5.41) is 0. The van der Waals surface area contributed by atoms with E-state index in [1.165, 1.54) is 17.0 Å². The molecule has 0 aliphatic carbocycles. The molecule has 2 aromatic heterocycles. The first-order valence-electron chi connectivity index (χ1n) is 6.14. The summed E-state index contributed by atoms with van der Waals surface area (Å²) in [5.74, 6) is 0.424. The molecule has 0 unspecified atom stereocenters. The van der Waals surface area contributed by atoms with Crippen molar-refractivity contribution in [1.82, 2.24) is 9.38 Å². The van der Waals surface area contributed by atoms with Gasteiger partial charge in [-0.1, -0.05) is 6.92 Å². The van der Waals surface area contributed by atoms with Crippen LogP contribution in [0.2, 0.25) is 0 Å². The number of imidazole rings is 1.